The summed E-state index contributed by atoms with van der Waals surface area (Å²) >= 11 is 2.94. The molecule has 1 aliphatic heterocycles. The number of aryl methyl sites for hydroxylation is 1. The molecule has 0 saturated carbocycles. The molecular formula is C19H12N4O3S2. The number of rotatable bonds is 3. The molecule has 2 aromatic heterocycles. The van der Waals surface area contributed by atoms with E-state index in [9.17, 15) is 14.4 Å². The minimum atomic E-state index is -0.467. The number of amides is 3. The summed E-state index contributed by atoms with van der Waals surface area (Å²) in [5.41, 5.74) is 2.33. The third-order valence-electron chi connectivity index (χ3n) is 4.45. The molecule has 3 amide bonds. The molecule has 0 saturated heterocycles. The molecule has 0 radical (unpaired) electrons. The van der Waals surface area contributed by atoms with Gasteiger partial charge in [-0.1, -0.05) is 23.5 Å². The van der Waals surface area contributed by atoms with Crippen molar-refractivity contribution in [3.8, 4) is 0 Å². The van der Waals surface area contributed by atoms with Gasteiger partial charge in [-0.2, -0.15) is 0 Å². The van der Waals surface area contributed by atoms with E-state index in [2.05, 4.69) is 15.3 Å². The van der Waals surface area contributed by atoms with Gasteiger partial charge < -0.3 is 5.32 Å². The minimum absolute atomic E-state index is 0.322. The van der Waals surface area contributed by atoms with Gasteiger partial charge in [0.2, 0.25) is 5.91 Å². The SMILES string of the molecule is Cc1nc2ccc3nc(NC(=O)CN4C(=O)c5ccccc5C4=O)sc3c2s1. The Hall–Kier alpha value is -3.17. The molecule has 138 valence electrons. The smallest absolute Gasteiger partial charge is 0.262 e. The monoisotopic (exact) mass is 408 g/mol. The molecule has 5 rings (SSSR count). The maximum atomic E-state index is 12.5. The molecule has 9 heteroatoms. The van der Waals surface area contributed by atoms with Gasteiger partial charge in [-0.25, -0.2) is 9.97 Å². The van der Waals surface area contributed by atoms with Gasteiger partial charge in [-0.3, -0.25) is 19.3 Å². The van der Waals surface area contributed by atoms with Gasteiger partial charge in [-0.15, -0.1) is 11.3 Å². The van der Waals surface area contributed by atoms with Crippen molar-refractivity contribution in [1.29, 1.82) is 0 Å². The van der Waals surface area contributed by atoms with Crippen molar-refractivity contribution < 1.29 is 14.4 Å². The van der Waals surface area contributed by atoms with E-state index in [4.69, 9.17) is 0 Å². The van der Waals surface area contributed by atoms with Crippen LogP contribution in [0.4, 0.5) is 5.13 Å². The van der Waals surface area contributed by atoms with Crippen molar-refractivity contribution in [2.24, 2.45) is 0 Å². The molecule has 7 nitrogen and oxygen atoms in total. The zero-order valence-electron chi connectivity index (χ0n) is 14.6. The van der Waals surface area contributed by atoms with E-state index in [1.807, 2.05) is 19.1 Å². The van der Waals surface area contributed by atoms with Crippen LogP contribution in [0, 0.1) is 6.92 Å². The van der Waals surface area contributed by atoms with E-state index >= 15 is 0 Å². The molecule has 1 aliphatic rings. The average Bonchev–Trinajstić information content (AvgIpc) is 3.32. The van der Waals surface area contributed by atoms with Gasteiger partial charge in [0.15, 0.2) is 5.13 Å². The van der Waals surface area contributed by atoms with Gasteiger partial charge in [0.1, 0.15) is 6.54 Å². The Labute approximate surface area is 166 Å². The topological polar surface area (TPSA) is 92.3 Å². The van der Waals surface area contributed by atoms with Crippen LogP contribution >= 0.6 is 22.7 Å². The summed E-state index contributed by atoms with van der Waals surface area (Å²) < 4.78 is 1.99. The van der Waals surface area contributed by atoms with Crippen LogP contribution in [0.15, 0.2) is 36.4 Å². The van der Waals surface area contributed by atoms with Crippen LogP contribution in [0.5, 0.6) is 0 Å². The standard InChI is InChI=1S/C19H12N4O3S2/c1-9-20-12-6-7-13-16(15(12)27-9)28-19(21-13)22-14(24)8-23-17(25)10-4-2-3-5-11(10)18(23)26/h2-7H,8H2,1H3,(H,21,22,24). The Morgan fingerprint density at radius 1 is 0.964 bits per heavy atom. The summed E-state index contributed by atoms with van der Waals surface area (Å²) in [4.78, 5) is 47.1. The number of benzene rings is 2. The van der Waals surface area contributed by atoms with E-state index in [-0.39, 0.29) is 6.54 Å². The van der Waals surface area contributed by atoms with Crippen molar-refractivity contribution in [2.45, 2.75) is 6.92 Å². The second-order valence-electron chi connectivity index (χ2n) is 6.30. The first-order chi connectivity index (χ1) is 13.5. The zero-order chi connectivity index (χ0) is 19.4. The second kappa shape index (κ2) is 6.18. The van der Waals surface area contributed by atoms with Crippen LogP contribution in [-0.4, -0.2) is 39.1 Å². The summed E-state index contributed by atoms with van der Waals surface area (Å²) in [5.74, 6) is -1.38. The Morgan fingerprint density at radius 2 is 1.57 bits per heavy atom. The number of carbonyl (C=O) groups is 3. The lowest BCUT2D eigenvalue weighted by Gasteiger charge is -2.12. The maximum Gasteiger partial charge on any atom is 0.262 e. The fourth-order valence-corrected chi connectivity index (χ4v) is 5.25. The highest BCUT2D eigenvalue weighted by atomic mass is 32.1. The van der Waals surface area contributed by atoms with E-state index in [0.29, 0.717) is 16.3 Å². The molecule has 4 aromatic rings. The fourth-order valence-electron chi connectivity index (χ4n) is 3.22. The molecule has 28 heavy (non-hydrogen) atoms. The molecule has 0 bridgehead atoms. The van der Waals surface area contributed by atoms with Crippen molar-refractivity contribution in [3.63, 3.8) is 0 Å². The normalized spacial score (nSPS) is 13.5. The molecule has 3 heterocycles. The predicted octanol–water partition coefficient (Wildman–Crippen LogP) is 3.45. The lowest BCUT2D eigenvalue weighted by Crippen LogP contribution is -2.37. The summed E-state index contributed by atoms with van der Waals surface area (Å²) in [6, 6.07) is 10.3. The van der Waals surface area contributed by atoms with Gasteiger partial charge >= 0.3 is 0 Å². The van der Waals surface area contributed by atoms with Crippen LogP contribution in [0.2, 0.25) is 0 Å². The van der Waals surface area contributed by atoms with E-state index < -0.39 is 17.7 Å². The number of fused-ring (bicyclic) bond motifs is 4. The average molecular weight is 408 g/mol. The van der Waals surface area contributed by atoms with Gasteiger partial charge in [-0.05, 0) is 31.2 Å². The molecule has 0 aliphatic carbocycles. The number of carbonyl (C=O) groups excluding carboxylic acids is 3. The van der Waals surface area contributed by atoms with E-state index in [1.165, 1.54) is 11.3 Å². The Morgan fingerprint density at radius 3 is 2.25 bits per heavy atom. The third-order valence-corrected chi connectivity index (χ3v) is 6.58. The van der Waals surface area contributed by atoms with Crippen LogP contribution < -0.4 is 5.32 Å². The van der Waals surface area contributed by atoms with Gasteiger partial charge in [0.25, 0.3) is 11.8 Å². The van der Waals surface area contributed by atoms with E-state index in [0.717, 1.165) is 30.3 Å². The van der Waals surface area contributed by atoms with Crippen molar-refractivity contribution in [2.75, 3.05) is 11.9 Å². The van der Waals surface area contributed by atoms with E-state index in [1.54, 1.807) is 35.6 Å². The van der Waals surface area contributed by atoms with Crippen molar-refractivity contribution in [1.82, 2.24) is 14.9 Å². The second-order valence-corrected chi connectivity index (χ2v) is 8.51. The lowest BCUT2D eigenvalue weighted by atomic mass is 10.1. The number of nitrogens with zero attached hydrogens (tertiary/aromatic N) is 3. The van der Waals surface area contributed by atoms with Crippen LogP contribution in [0.25, 0.3) is 20.4 Å². The highest BCUT2D eigenvalue weighted by Gasteiger charge is 2.36. The lowest BCUT2D eigenvalue weighted by molar-refractivity contribution is -0.116. The quantitative estimate of drug-likeness (QED) is 0.524. The molecule has 1 N–H and O–H groups in total. The Bertz CT molecular complexity index is 1270. The number of nitrogens with one attached hydrogen (secondary N) is 1. The van der Waals surface area contributed by atoms with Crippen LogP contribution in [-0.2, 0) is 4.79 Å². The van der Waals surface area contributed by atoms with Gasteiger partial charge in [0, 0.05) is 0 Å². The summed E-state index contributed by atoms with van der Waals surface area (Å²) in [6.07, 6.45) is 0. The van der Waals surface area contributed by atoms with Gasteiger partial charge in [0.05, 0.1) is 36.6 Å². The number of thiazole rings is 2. The molecule has 0 fully saturated rings. The largest absolute Gasteiger partial charge is 0.300 e. The number of aromatic nitrogens is 2. The molecule has 0 atom stereocenters. The Kier molecular flexibility index (Phi) is 3.74. The Balaban J connectivity index is 1.38. The molecular weight excluding hydrogens is 396 g/mol. The fraction of sp³-hybridized carbons (Fsp3) is 0.105. The van der Waals surface area contributed by atoms with Crippen LogP contribution in [0.3, 0.4) is 0 Å². The predicted molar refractivity (Wildman–Crippen MR) is 108 cm³/mol. The zero-order valence-corrected chi connectivity index (χ0v) is 16.2. The molecule has 0 unspecified atom stereocenters. The highest BCUT2D eigenvalue weighted by Crippen LogP contribution is 2.35. The third kappa shape index (κ3) is 2.59. The first-order valence-electron chi connectivity index (χ1n) is 8.43. The number of hydrogen-bond donors (Lipinski definition) is 1. The van der Waals surface area contributed by atoms with Crippen molar-refractivity contribution >= 4 is 66.0 Å². The first kappa shape index (κ1) is 17.0. The van der Waals surface area contributed by atoms with Crippen LogP contribution in [0.1, 0.15) is 25.7 Å². The van der Waals surface area contributed by atoms with Crippen molar-refractivity contribution in [3.05, 3.63) is 52.5 Å². The highest BCUT2D eigenvalue weighted by molar-refractivity contribution is 7.28. The first-order valence-corrected chi connectivity index (χ1v) is 10.1. The minimum Gasteiger partial charge on any atom is -0.300 e. The maximum absolute atomic E-state index is 12.5. The number of hydrogen-bond acceptors (Lipinski definition) is 7. The molecule has 2 aromatic carbocycles. The summed E-state index contributed by atoms with van der Waals surface area (Å²) in [7, 11) is 0. The number of anilines is 1. The summed E-state index contributed by atoms with van der Waals surface area (Å²) in [6.45, 7) is 1.60. The summed E-state index contributed by atoms with van der Waals surface area (Å²) in [5, 5.41) is 4.10. The molecule has 0 spiro atoms. The number of imide groups is 1.